The summed E-state index contributed by atoms with van der Waals surface area (Å²) in [5, 5.41) is 11.0. The second kappa shape index (κ2) is 9.96. The number of fused-ring (bicyclic) bond motifs is 1. The second-order valence-electron chi connectivity index (χ2n) is 8.32. The summed E-state index contributed by atoms with van der Waals surface area (Å²) in [5.74, 6) is 1.68. The highest BCUT2D eigenvalue weighted by atomic mass is 16.5. The standard InChI is InChI=1S/C25H27N7O2/c1-2-6-19-14-22(32-25(29-19)30-23(31-32)18-8-4-11-26-15-18)28-20-9-3-7-17(13-20)24(33)27-16-21-10-5-12-34-21/h3-4,7-9,11,13-15,21,28H,2,5-6,10,12,16H2,1H3,(H,27,33). The van der Waals surface area contributed by atoms with Gasteiger partial charge in [0.1, 0.15) is 5.82 Å². The Kier molecular flexibility index (Phi) is 6.44. The van der Waals surface area contributed by atoms with Crippen LogP contribution in [0.25, 0.3) is 17.2 Å². The number of rotatable bonds is 8. The van der Waals surface area contributed by atoms with E-state index in [2.05, 4.69) is 37.6 Å². The molecule has 1 atom stereocenters. The number of ether oxygens (including phenoxy) is 1. The molecule has 9 nitrogen and oxygen atoms in total. The van der Waals surface area contributed by atoms with Crippen molar-refractivity contribution in [3.8, 4) is 11.4 Å². The van der Waals surface area contributed by atoms with Gasteiger partial charge in [0.05, 0.1) is 6.10 Å². The fraction of sp³-hybridized carbons (Fsp3) is 0.320. The quantitative estimate of drug-likeness (QED) is 0.415. The van der Waals surface area contributed by atoms with Gasteiger partial charge in [-0.3, -0.25) is 9.78 Å². The van der Waals surface area contributed by atoms with Gasteiger partial charge in [-0.25, -0.2) is 4.98 Å². The van der Waals surface area contributed by atoms with Crippen LogP contribution in [0.3, 0.4) is 0 Å². The zero-order valence-electron chi connectivity index (χ0n) is 19.1. The van der Waals surface area contributed by atoms with Crippen LogP contribution in [0.15, 0.2) is 54.9 Å². The molecule has 34 heavy (non-hydrogen) atoms. The fourth-order valence-corrected chi connectivity index (χ4v) is 4.01. The smallest absolute Gasteiger partial charge is 0.254 e. The van der Waals surface area contributed by atoms with Crippen molar-refractivity contribution in [2.75, 3.05) is 18.5 Å². The lowest BCUT2D eigenvalue weighted by Crippen LogP contribution is -2.31. The Morgan fingerprint density at radius 2 is 2.15 bits per heavy atom. The van der Waals surface area contributed by atoms with Gasteiger partial charge in [-0.05, 0) is 49.6 Å². The van der Waals surface area contributed by atoms with E-state index in [0.29, 0.717) is 23.7 Å². The van der Waals surface area contributed by atoms with Crippen LogP contribution in [0.5, 0.6) is 0 Å². The van der Waals surface area contributed by atoms with E-state index in [1.54, 1.807) is 23.0 Å². The Labute approximate surface area is 197 Å². The molecule has 1 aromatic carbocycles. The summed E-state index contributed by atoms with van der Waals surface area (Å²) >= 11 is 0. The Balaban J connectivity index is 1.41. The number of benzene rings is 1. The average Bonchev–Trinajstić information content (AvgIpc) is 3.54. The highest BCUT2D eigenvalue weighted by Crippen LogP contribution is 2.22. The first-order chi connectivity index (χ1) is 16.7. The molecule has 4 heterocycles. The van der Waals surface area contributed by atoms with Crippen LogP contribution in [0, 0.1) is 0 Å². The third-order valence-corrected chi connectivity index (χ3v) is 5.70. The first-order valence-electron chi connectivity index (χ1n) is 11.6. The molecule has 1 saturated heterocycles. The molecule has 4 aromatic rings. The summed E-state index contributed by atoms with van der Waals surface area (Å²) < 4.78 is 7.28. The normalized spacial score (nSPS) is 15.5. The Hall–Kier alpha value is -3.85. The van der Waals surface area contributed by atoms with Crippen LogP contribution in [0.2, 0.25) is 0 Å². The van der Waals surface area contributed by atoms with Crippen LogP contribution in [-0.4, -0.2) is 49.7 Å². The van der Waals surface area contributed by atoms with Crippen LogP contribution >= 0.6 is 0 Å². The molecule has 1 aliphatic heterocycles. The lowest BCUT2D eigenvalue weighted by molar-refractivity contribution is 0.0858. The zero-order chi connectivity index (χ0) is 23.3. The average molecular weight is 458 g/mol. The number of nitrogens with one attached hydrogen (secondary N) is 2. The van der Waals surface area contributed by atoms with Crippen molar-refractivity contribution in [2.24, 2.45) is 0 Å². The number of aryl methyl sites for hydroxylation is 1. The lowest BCUT2D eigenvalue weighted by Gasteiger charge is -2.13. The number of aromatic nitrogens is 5. The molecule has 0 aliphatic carbocycles. The molecule has 0 bridgehead atoms. The van der Waals surface area contributed by atoms with Gasteiger partial charge in [-0.1, -0.05) is 19.4 Å². The Morgan fingerprint density at radius 3 is 2.94 bits per heavy atom. The van der Waals surface area contributed by atoms with Crippen molar-refractivity contribution < 1.29 is 9.53 Å². The third kappa shape index (κ3) is 4.89. The number of pyridine rings is 1. The number of carbonyl (C=O) groups excluding carboxylic acids is 1. The summed E-state index contributed by atoms with van der Waals surface area (Å²) in [6.45, 7) is 3.41. The van der Waals surface area contributed by atoms with Crippen molar-refractivity contribution in [3.05, 3.63) is 66.1 Å². The molecule has 1 unspecified atom stereocenters. The highest BCUT2D eigenvalue weighted by Gasteiger charge is 2.17. The maximum atomic E-state index is 12.7. The van der Waals surface area contributed by atoms with Gasteiger partial charge in [0.2, 0.25) is 0 Å². The molecular formula is C25H27N7O2. The maximum absolute atomic E-state index is 12.7. The van der Waals surface area contributed by atoms with Gasteiger partial charge in [-0.15, -0.1) is 5.10 Å². The molecule has 0 radical (unpaired) electrons. The van der Waals surface area contributed by atoms with Crippen molar-refractivity contribution in [3.63, 3.8) is 0 Å². The van der Waals surface area contributed by atoms with Crippen molar-refractivity contribution in [1.82, 2.24) is 29.9 Å². The van der Waals surface area contributed by atoms with E-state index < -0.39 is 0 Å². The van der Waals surface area contributed by atoms with Crippen molar-refractivity contribution in [2.45, 2.75) is 38.7 Å². The molecule has 5 rings (SSSR count). The summed E-state index contributed by atoms with van der Waals surface area (Å²) in [4.78, 5) is 26.1. The van der Waals surface area contributed by atoms with E-state index in [1.807, 2.05) is 36.4 Å². The van der Waals surface area contributed by atoms with E-state index in [1.165, 1.54) is 0 Å². The number of anilines is 2. The zero-order valence-corrected chi connectivity index (χ0v) is 19.1. The van der Waals surface area contributed by atoms with Crippen molar-refractivity contribution in [1.29, 1.82) is 0 Å². The van der Waals surface area contributed by atoms with Gasteiger partial charge in [-0.2, -0.15) is 9.50 Å². The molecule has 3 aromatic heterocycles. The van der Waals surface area contributed by atoms with Crippen molar-refractivity contribution >= 4 is 23.2 Å². The van der Waals surface area contributed by atoms with Gasteiger partial charge >= 0.3 is 0 Å². The van der Waals surface area contributed by atoms with Crippen LogP contribution < -0.4 is 10.6 Å². The van der Waals surface area contributed by atoms with E-state index >= 15 is 0 Å². The van der Waals surface area contributed by atoms with E-state index in [9.17, 15) is 4.79 Å². The first-order valence-corrected chi connectivity index (χ1v) is 11.6. The molecule has 0 saturated carbocycles. The minimum Gasteiger partial charge on any atom is -0.376 e. The molecule has 0 spiro atoms. The van der Waals surface area contributed by atoms with E-state index in [-0.39, 0.29) is 12.0 Å². The minimum absolute atomic E-state index is 0.105. The number of hydrogen-bond donors (Lipinski definition) is 2. The van der Waals surface area contributed by atoms with Gasteiger partial charge in [0, 0.05) is 54.1 Å². The molecule has 1 fully saturated rings. The third-order valence-electron chi connectivity index (χ3n) is 5.70. The largest absolute Gasteiger partial charge is 0.376 e. The predicted molar refractivity (Wildman–Crippen MR) is 129 cm³/mol. The molecule has 9 heteroatoms. The summed E-state index contributed by atoms with van der Waals surface area (Å²) in [6, 6.07) is 13.2. The number of nitrogens with zero attached hydrogens (tertiary/aromatic N) is 5. The number of amides is 1. The molecule has 2 N–H and O–H groups in total. The lowest BCUT2D eigenvalue weighted by atomic mass is 10.1. The summed E-state index contributed by atoms with van der Waals surface area (Å²) in [7, 11) is 0. The SMILES string of the molecule is CCCc1cc(Nc2cccc(C(=O)NCC3CCCO3)c2)n2nc(-c3cccnc3)nc2n1. The molecule has 1 amide bonds. The maximum Gasteiger partial charge on any atom is 0.254 e. The van der Waals surface area contributed by atoms with Crippen LogP contribution in [0.4, 0.5) is 11.5 Å². The Bertz CT molecular complexity index is 1280. The second-order valence-corrected chi connectivity index (χ2v) is 8.32. The number of hydrogen-bond acceptors (Lipinski definition) is 7. The van der Waals surface area contributed by atoms with E-state index in [0.717, 1.165) is 55.1 Å². The minimum atomic E-state index is -0.120. The first kappa shape index (κ1) is 22.0. The fourth-order valence-electron chi connectivity index (χ4n) is 4.01. The van der Waals surface area contributed by atoms with E-state index in [4.69, 9.17) is 4.74 Å². The van der Waals surface area contributed by atoms with Crippen LogP contribution in [-0.2, 0) is 11.2 Å². The van der Waals surface area contributed by atoms with Gasteiger partial charge in [0.25, 0.3) is 11.7 Å². The molecule has 1 aliphatic rings. The highest BCUT2D eigenvalue weighted by molar-refractivity contribution is 5.95. The van der Waals surface area contributed by atoms with Gasteiger partial charge in [0.15, 0.2) is 5.82 Å². The van der Waals surface area contributed by atoms with Gasteiger partial charge < -0.3 is 15.4 Å². The number of carbonyl (C=O) groups is 1. The summed E-state index contributed by atoms with van der Waals surface area (Å²) in [5.41, 5.74) is 3.10. The topological polar surface area (TPSA) is 106 Å². The Morgan fingerprint density at radius 1 is 1.21 bits per heavy atom. The molecule has 174 valence electrons. The summed E-state index contributed by atoms with van der Waals surface area (Å²) in [6.07, 6.45) is 7.37. The van der Waals surface area contributed by atoms with Crippen LogP contribution in [0.1, 0.15) is 42.2 Å². The monoisotopic (exact) mass is 457 g/mol. The molecular weight excluding hydrogens is 430 g/mol. The predicted octanol–water partition coefficient (Wildman–Crippen LogP) is 3.79.